The zero-order valence-electron chi connectivity index (χ0n) is 10.9. The Labute approximate surface area is 108 Å². The number of hydrogen-bond donors (Lipinski definition) is 0. The first-order valence-electron chi connectivity index (χ1n) is 6.96. The van der Waals surface area contributed by atoms with E-state index in [9.17, 15) is 4.79 Å². The molecule has 0 aromatic heterocycles. The minimum Gasteiger partial charge on any atom is -0.469 e. The van der Waals surface area contributed by atoms with Gasteiger partial charge in [0.25, 0.3) is 0 Å². The number of aryl methyl sites for hydroxylation is 2. The Balaban J connectivity index is 1.83. The molecular formula is C16H20O2. The van der Waals surface area contributed by atoms with Crippen molar-refractivity contribution in [2.24, 2.45) is 5.92 Å². The largest absolute Gasteiger partial charge is 0.469 e. The van der Waals surface area contributed by atoms with E-state index in [2.05, 4.69) is 18.2 Å². The summed E-state index contributed by atoms with van der Waals surface area (Å²) < 4.78 is 4.83. The van der Waals surface area contributed by atoms with E-state index in [1.54, 1.807) is 0 Å². The van der Waals surface area contributed by atoms with Gasteiger partial charge in [-0.25, -0.2) is 0 Å². The van der Waals surface area contributed by atoms with E-state index in [-0.39, 0.29) is 5.97 Å². The molecule has 3 rings (SSSR count). The van der Waals surface area contributed by atoms with Crippen molar-refractivity contribution in [3.8, 4) is 0 Å². The summed E-state index contributed by atoms with van der Waals surface area (Å²) in [6.07, 6.45) is 6.78. The van der Waals surface area contributed by atoms with Gasteiger partial charge < -0.3 is 4.74 Å². The van der Waals surface area contributed by atoms with Crippen molar-refractivity contribution in [3.05, 3.63) is 34.9 Å². The Morgan fingerprint density at radius 1 is 1.33 bits per heavy atom. The molecule has 0 heterocycles. The van der Waals surface area contributed by atoms with Crippen molar-refractivity contribution in [2.75, 3.05) is 7.11 Å². The number of carbonyl (C=O) groups excluding carboxylic acids is 1. The summed E-state index contributed by atoms with van der Waals surface area (Å²) in [5.41, 5.74) is 4.36. The molecule has 1 fully saturated rings. The summed E-state index contributed by atoms with van der Waals surface area (Å²) in [7, 11) is 1.48. The lowest BCUT2D eigenvalue weighted by atomic mass is 9.89. The van der Waals surface area contributed by atoms with E-state index in [0.29, 0.717) is 18.3 Å². The summed E-state index contributed by atoms with van der Waals surface area (Å²) in [6, 6.07) is 6.84. The fourth-order valence-electron chi connectivity index (χ4n) is 3.14. The number of rotatable bonds is 4. The third-order valence-corrected chi connectivity index (χ3v) is 4.36. The van der Waals surface area contributed by atoms with Crippen molar-refractivity contribution in [3.63, 3.8) is 0 Å². The van der Waals surface area contributed by atoms with Crippen LogP contribution in [0.1, 0.15) is 48.3 Å². The fraction of sp³-hybridized carbons (Fsp3) is 0.562. The highest BCUT2D eigenvalue weighted by Crippen LogP contribution is 2.45. The summed E-state index contributed by atoms with van der Waals surface area (Å²) >= 11 is 0. The maximum Gasteiger partial charge on any atom is 0.306 e. The number of hydrogen-bond acceptors (Lipinski definition) is 2. The standard InChI is InChI=1S/C16H20O2/c1-18-16(17)10-15(12-6-7-12)14-8-5-11-3-2-4-13(11)9-14/h5,8-9,12,15H,2-4,6-7,10H2,1H3. The van der Waals surface area contributed by atoms with Gasteiger partial charge in [0.2, 0.25) is 0 Å². The SMILES string of the molecule is COC(=O)CC(c1ccc2c(c1)CCC2)C1CC1. The van der Waals surface area contributed by atoms with E-state index in [4.69, 9.17) is 4.74 Å². The molecular weight excluding hydrogens is 224 g/mol. The molecule has 96 valence electrons. The lowest BCUT2D eigenvalue weighted by molar-refractivity contribution is -0.141. The average Bonchev–Trinajstić information content (AvgIpc) is 3.12. The van der Waals surface area contributed by atoms with Gasteiger partial charge in [-0.05, 0) is 60.6 Å². The normalized spacial score (nSPS) is 19.4. The molecule has 0 saturated heterocycles. The molecule has 0 spiro atoms. The van der Waals surface area contributed by atoms with Crippen LogP contribution in [0.25, 0.3) is 0 Å². The smallest absolute Gasteiger partial charge is 0.306 e. The number of carbonyl (C=O) groups is 1. The summed E-state index contributed by atoms with van der Waals surface area (Å²) in [5, 5.41) is 0. The first kappa shape index (κ1) is 11.8. The second-order valence-electron chi connectivity index (χ2n) is 5.61. The molecule has 1 saturated carbocycles. The van der Waals surface area contributed by atoms with Gasteiger partial charge in [0, 0.05) is 0 Å². The van der Waals surface area contributed by atoms with Gasteiger partial charge in [0.05, 0.1) is 13.5 Å². The van der Waals surface area contributed by atoms with Gasteiger partial charge in [0.15, 0.2) is 0 Å². The predicted octanol–water partition coefficient (Wildman–Crippen LogP) is 3.23. The van der Waals surface area contributed by atoms with Crippen LogP contribution in [-0.4, -0.2) is 13.1 Å². The van der Waals surface area contributed by atoms with E-state index in [0.717, 1.165) is 0 Å². The summed E-state index contributed by atoms with van der Waals surface area (Å²) in [4.78, 5) is 11.5. The lowest BCUT2D eigenvalue weighted by Gasteiger charge is -2.16. The molecule has 1 aromatic rings. The molecule has 0 bridgehead atoms. The quantitative estimate of drug-likeness (QED) is 0.760. The zero-order chi connectivity index (χ0) is 12.5. The van der Waals surface area contributed by atoms with Crippen LogP contribution >= 0.6 is 0 Å². The number of benzene rings is 1. The zero-order valence-corrected chi connectivity index (χ0v) is 10.9. The minimum atomic E-state index is -0.0765. The third kappa shape index (κ3) is 2.29. The number of esters is 1. The molecule has 18 heavy (non-hydrogen) atoms. The van der Waals surface area contributed by atoms with Crippen LogP contribution in [0.3, 0.4) is 0 Å². The Morgan fingerprint density at radius 3 is 2.83 bits per heavy atom. The van der Waals surface area contributed by atoms with Crippen molar-refractivity contribution in [1.82, 2.24) is 0 Å². The molecule has 2 nitrogen and oxygen atoms in total. The molecule has 2 heteroatoms. The Kier molecular flexibility index (Phi) is 3.11. The molecule has 0 radical (unpaired) electrons. The first-order valence-corrected chi connectivity index (χ1v) is 6.96. The monoisotopic (exact) mass is 244 g/mol. The van der Waals surface area contributed by atoms with Gasteiger partial charge in [-0.15, -0.1) is 0 Å². The third-order valence-electron chi connectivity index (χ3n) is 4.36. The molecule has 1 unspecified atom stereocenters. The van der Waals surface area contributed by atoms with E-state index in [1.165, 1.54) is 55.9 Å². The van der Waals surface area contributed by atoms with Crippen LogP contribution < -0.4 is 0 Å². The molecule has 1 atom stereocenters. The van der Waals surface area contributed by atoms with Crippen LogP contribution in [0, 0.1) is 5.92 Å². The highest BCUT2D eigenvalue weighted by Gasteiger charge is 2.34. The van der Waals surface area contributed by atoms with Crippen molar-refractivity contribution >= 4 is 5.97 Å². The van der Waals surface area contributed by atoms with Gasteiger partial charge >= 0.3 is 5.97 Å². The lowest BCUT2D eigenvalue weighted by Crippen LogP contribution is -2.10. The van der Waals surface area contributed by atoms with Crippen LogP contribution in [0.2, 0.25) is 0 Å². The molecule has 0 amide bonds. The van der Waals surface area contributed by atoms with Gasteiger partial charge in [-0.2, -0.15) is 0 Å². The van der Waals surface area contributed by atoms with Crippen LogP contribution in [0.4, 0.5) is 0 Å². The molecule has 0 N–H and O–H groups in total. The van der Waals surface area contributed by atoms with E-state index in [1.807, 2.05) is 0 Å². The maximum absolute atomic E-state index is 11.5. The average molecular weight is 244 g/mol. The maximum atomic E-state index is 11.5. The van der Waals surface area contributed by atoms with Crippen LogP contribution in [0.15, 0.2) is 18.2 Å². The van der Waals surface area contributed by atoms with Crippen molar-refractivity contribution in [2.45, 2.75) is 44.4 Å². The van der Waals surface area contributed by atoms with Gasteiger partial charge in [-0.1, -0.05) is 18.2 Å². The van der Waals surface area contributed by atoms with Gasteiger partial charge in [0.1, 0.15) is 0 Å². The summed E-state index contributed by atoms with van der Waals surface area (Å²) in [5.74, 6) is 0.999. The van der Waals surface area contributed by atoms with Crippen molar-refractivity contribution in [1.29, 1.82) is 0 Å². The Hall–Kier alpha value is -1.31. The van der Waals surface area contributed by atoms with Crippen LogP contribution in [-0.2, 0) is 22.4 Å². The van der Waals surface area contributed by atoms with Gasteiger partial charge in [-0.3, -0.25) is 4.79 Å². The topological polar surface area (TPSA) is 26.3 Å². The number of ether oxygens (including phenoxy) is 1. The Bertz CT molecular complexity index is 460. The van der Waals surface area contributed by atoms with Crippen molar-refractivity contribution < 1.29 is 9.53 Å². The minimum absolute atomic E-state index is 0.0765. The summed E-state index contributed by atoms with van der Waals surface area (Å²) in [6.45, 7) is 0. The Morgan fingerprint density at radius 2 is 2.11 bits per heavy atom. The second-order valence-corrected chi connectivity index (χ2v) is 5.61. The second kappa shape index (κ2) is 4.75. The molecule has 2 aliphatic rings. The number of methoxy groups -OCH3 is 1. The molecule has 2 aliphatic carbocycles. The predicted molar refractivity (Wildman–Crippen MR) is 70.6 cm³/mol. The molecule has 0 aliphatic heterocycles. The first-order chi connectivity index (χ1) is 8.78. The van der Waals surface area contributed by atoms with E-state index >= 15 is 0 Å². The number of fused-ring (bicyclic) bond motifs is 1. The van der Waals surface area contributed by atoms with E-state index < -0.39 is 0 Å². The molecule has 1 aromatic carbocycles. The van der Waals surface area contributed by atoms with Crippen LogP contribution in [0.5, 0.6) is 0 Å². The highest BCUT2D eigenvalue weighted by molar-refractivity contribution is 5.70. The fourth-order valence-corrected chi connectivity index (χ4v) is 3.14. The highest BCUT2D eigenvalue weighted by atomic mass is 16.5.